The van der Waals surface area contributed by atoms with E-state index in [4.69, 9.17) is 26.8 Å². The number of aromatic nitrogens is 3. The van der Waals surface area contributed by atoms with Crippen molar-refractivity contribution in [3.8, 4) is 18.0 Å². The number of benzene rings is 1. The number of alkyl halides is 2. The molecule has 0 bridgehead atoms. The topological polar surface area (TPSA) is 125 Å². The van der Waals surface area contributed by atoms with Gasteiger partial charge in [-0.3, -0.25) is 9.69 Å². The summed E-state index contributed by atoms with van der Waals surface area (Å²) in [6, 6.07) is 4.04. The quantitative estimate of drug-likeness (QED) is 0.324. The monoisotopic (exact) mass is 558 g/mol. The molecule has 1 unspecified atom stereocenters. The van der Waals surface area contributed by atoms with Crippen LogP contribution in [0.25, 0.3) is 10.9 Å². The minimum Gasteiger partial charge on any atom is -0.475 e. The van der Waals surface area contributed by atoms with Gasteiger partial charge in [-0.25, -0.2) is 9.37 Å². The first-order valence-corrected chi connectivity index (χ1v) is 11.9. The number of carbonyl (C=O) groups excluding carboxylic acids is 1. The lowest BCUT2D eigenvalue weighted by Crippen LogP contribution is -2.34. The summed E-state index contributed by atoms with van der Waals surface area (Å²) >= 11 is 5.54. The Kier molecular flexibility index (Phi) is 7.66. The third-order valence-electron chi connectivity index (χ3n) is 5.81. The number of aliphatic hydroxyl groups excluding tert-OH is 1. The number of rotatable bonds is 8. The Hall–Kier alpha value is -4.35. The summed E-state index contributed by atoms with van der Waals surface area (Å²) in [6.07, 6.45) is 2.84. The standard InChI is InChI=1S/C25H21F3N6O4S/c1-4-5-25(27,28)17-9-15(12-30-19(17)11-29)34-22(36)13(2)33(24(34)39)14-8-16-20(18(26)10-14)31-23(37-3)32-21(16)38-7-6-35/h4-5,8-10,12-13,35H,6-7H2,1-3H3/b5-4+. The van der Waals surface area contributed by atoms with Gasteiger partial charge in [0, 0.05) is 5.69 Å². The molecule has 2 aromatic heterocycles. The van der Waals surface area contributed by atoms with Crippen molar-refractivity contribution in [2.75, 3.05) is 30.1 Å². The number of nitriles is 1. The molecule has 1 N–H and O–H groups in total. The molecule has 0 radical (unpaired) electrons. The van der Waals surface area contributed by atoms with Crippen LogP contribution in [0.3, 0.4) is 0 Å². The average Bonchev–Trinajstić information content (AvgIpc) is 3.14. The van der Waals surface area contributed by atoms with Crippen LogP contribution in [0.2, 0.25) is 0 Å². The second kappa shape index (κ2) is 10.8. The van der Waals surface area contributed by atoms with E-state index in [1.54, 1.807) is 6.07 Å². The fraction of sp³-hybridized carbons (Fsp3) is 0.280. The molecule has 3 heterocycles. The molecule has 1 saturated heterocycles. The van der Waals surface area contributed by atoms with Crippen LogP contribution in [0, 0.1) is 17.1 Å². The number of allylic oxidation sites excluding steroid dienone is 2. The van der Waals surface area contributed by atoms with Gasteiger partial charge in [-0.05, 0) is 50.3 Å². The molecule has 0 spiro atoms. The van der Waals surface area contributed by atoms with Crippen LogP contribution >= 0.6 is 12.2 Å². The number of halogens is 3. The molecule has 1 atom stereocenters. The number of fused-ring (bicyclic) bond motifs is 1. The van der Waals surface area contributed by atoms with E-state index in [9.17, 15) is 18.8 Å². The maximum Gasteiger partial charge on any atom is 0.320 e. The molecule has 0 saturated carbocycles. The molecular formula is C25H21F3N6O4S. The van der Waals surface area contributed by atoms with Gasteiger partial charge in [0.15, 0.2) is 10.9 Å². The maximum atomic E-state index is 15.3. The van der Waals surface area contributed by atoms with Crippen LogP contribution in [-0.4, -0.2) is 57.4 Å². The SMILES string of the molecule is C/C=C/C(F)(F)c1cc(N2C(=O)C(C)N(c3cc(F)c4nc(OC)nc(OCCO)c4c3)C2=S)cnc1C#N. The predicted molar refractivity (Wildman–Crippen MR) is 138 cm³/mol. The zero-order valence-electron chi connectivity index (χ0n) is 20.9. The summed E-state index contributed by atoms with van der Waals surface area (Å²) in [5.74, 6) is -4.99. The number of ether oxygens (including phenoxy) is 2. The predicted octanol–water partition coefficient (Wildman–Crippen LogP) is 3.61. The van der Waals surface area contributed by atoms with Gasteiger partial charge in [0.1, 0.15) is 29.9 Å². The van der Waals surface area contributed by atoms with Gasteiger partial charge in [0.05, 0.1) is 36.6 Å². The van der Waals surface area contributed by atoms with Crippen LogP contribution in [0.15, 0.2) is 36.5 Å². The van der Waals surface area contributed by atoms with Crippen LogP contribution < -0.4 is 19.3 Å². The van der Waals surface area contributed by atoms with Crippen LogP contribution in [0.5, 0.6) is 11.9 Å². The van der Waals surface area contributed by atoms with Gasteiger partial charge >= 0.3 is 6.01 Å². The molecule has 202 valence electrons. The van der Waals surface area contributed by atoms with E-state index in [2.05, 4.69) is 15.0 Å². The smallest absolute Gasteiger partial charge is 0.320 e. The average molecular weight is 559 g/mol. The molecule has 1 amide bonds. The number of nitrogens with zero attached hydrogens (tertiary/aromatic N) is 6. The van der Waals surface area contributed by atoms with Gasteiger partial charge < -0.3 is 19.5 Å². The fourth-order valence-electron chi connectivity index (χ4n) is 4.07. The third-order valence-corrected chi connectivity index (χ3v) is 6.19. The van der Waals surface area contributed by atoms with Crippen LogP contribution in [0.4, 0.5) is 24.5 Å². The first-order chi connectivity index (χ1) is 18.6. The van der Waals surface area contributed by atoms with Crippen molar-refractivity contribution >= 4 is 45.5 Å². The highest BCUT2D eigenvalue weighted by atomic mass is 32.1. The second-order valence-corrected chi connectivity index (χ2v) is 8.60. The molecule has 14 heteroatoms. The van der Waals surface area contributed by atoms with Crippen molar-refractivity contribution in [1.29, 1.82) is 5.26 Å². The number of hydrogen-bond donors (Lipinski definition) is 1. The van der Waals surface area contributed by atoms with Gasteiger partial charge in [0.2, 0.25) is 5.88 Å². The lowest BCUT2D eigenvalue weighted by Gasteiger charge is -2.23. The van der Waals surface area contributed by atoms with Crippen molar-refractivity contribution in [3.63, 3.8) is 0 Å². The van der Waals surface area contributed by atoms with Crippen molar-refractivity contribution in [2.45, 2.75) is 25.8 Å². The van der Waals surface area contributed by atoms with Crippen molar-refractivity contribution in [1.82, 2.24) is 15.0 Å². The number of carbonyl (C=O) groups is 1. The summed E-state index contributed by atoms with van der Waals surface area (Å²) in [5, 5.41) is 18.4. The number of thiocarbonyl (C=S) groups is 1. The first kappa shape index (κ1) is 27.7. The van der Waals surface area contributed by atoms with Crippen molar-refractivity contribution < 1.29 is 32.5 Å². The largest absolute Gasteiger partial charge is 0.475 e. The van der Waals surface area contributed by atoms with E-state index in [0.717, 1.165) is 29.3 Å². The summed E-state index contributed by atoms with van der Waals surface area (Å²) in [7, 11) is 1.30. The van der Waals surface area contributed by atoms with Gasteiger partial charge in [0.25, 0.3) is 11.8 Å². The van der Waals surface area contributed by atoms with Crippen molar-refractivity contribution in [3.05, 3.63) is 53.6 Å². The maximum absolute atomic E-state index is 15.3. The molecular weight excluding hydrogens is 537 g/mol. The first-order valence-electron chi connectivity index (χ1n) is 11.5. The summed E-state index contributed by atoms with van der Waals surface area (Å²) in [5.41, 5.74) is -1.29. The minimum atomic E-state index is -3.54. The molecule has 1 fully saturated rings. The van der Waals surface area contributed by atoms with Crippen molar-refractivity contribution in [2.24, 2.45) is 0 Å². The molecule has 1 aliphatic rings. The molecule has 1 aliphatic heterocycles. The Bertz CT molecular complexity index is 1540. The van der Waals surface area contributed by atoms with E-state index in [1.165, 1.54) is 31.9 Å². The Morgan fingerprint density at radius 1 is 1.28 bits per heavy atom. The van der Waals surface area contributed by atoms with E-state index in [0.29, 0.717) is 6.08 Å². The minimum absolute atomic E-state index is 0.0697. The third kappa shape index (κ3) is 4.93. The Balaban J connectivity index is 1.81. The van der Waals surface area contributed by atoms with Crippen LogP contribution in [-0.2, 0) is 10.7 Å². The summed E-state index contributed by atoms with van der Waals surface area (Å²) in [6.45, 7) is 2.44. The van der Waals surface area contributed by atoms with E-state index in [-0.39, 0.29) is 52.5 Å². The summed E-state index contributed by atoms with van der Waals surface area (Å²) in [4.78, 5) is 27.5. The highest BCUT2D eigenvalue weighted by molar-refractivity contribution is 7.81. The van der Waals surface area contributed by atoms with E-state index >= 15 is 4.39 Å². The van der Waals surface area contributed by atoms with Gasteiger partial charge in [-0.1, -0.05) is 6.08 Å². The Labute approximate surface area is 225 Å². The Morgan fingerprint density at radius 2 is 2.03 bits per heavy atom. The number of methoxy groups -OCH3 is 1. The van der Waals surface area contributed by atoms with Gasteiger partial charge in [-0.2, -0.15) is 24.0 Å². The number of pyridine rings is 1. The second-order valence-electron chi connectivity index (χ2n) is 8.24. The number of aliphatic hydroxyl groups is 1. The zero-order chi connectivity index (χ0) is 28.5. The molecule has 1 aromatic carbocycles. The van der Waals surface area contributed by atoms with Crippen LogP contribution in [0.1, 0.15) is 25.1 Å². The molecule has 4 rings (SSSR count). The zero-order valence-corrected chi connectivity index (χ0v) is 21.7. The highest BCUT2D eigenvalue weighted by Crippen LogP contribution is 2.38. The van der Waals surface area contributed by atoms with E-state index in [1.807, 2.05) is 0 Å². The lowest BCUT2D eigenvalue weighted by atomic mass is 10.1. The van der Waals surface area contributed by atoms with E-state index < -0.39 is 34.9 Å². The van der Waals surface area contributed by atoms with Gasteiger partial charge in [-0.15, -0.1) is 0 Å². The normalized spacial score (nSPS) is 15.9. The Morgan fingerprint density at radius 3 is 2.67 bits per heavy atom. The number of hydrogen-bond acceptors (Lipinski definition) is 9. The molecule has 39 heavy (non-hydrogen) atoms. The summed E-state index contributed by atoms with van der Waals surface area (Å²) < 4.78 is 55.2. The molecule has 0 aliphatic carbocycles. The lowest BCUT2D eigenvalue weighted by molar-refractivity contribution is -0.117. The fourth-order valence-corrected chi connectivity index (χ4v) is 4.53. The molecule has 10 nitrogen and oxygen atoms in total. The number of anilines is 2. The molecule has 3 aromatic rings. The number of amides is 1. The highest BCUT2D eigenvalue weighted by Gasteiger charge is 2.43.